The van der Waals surface area contributed by atoms with Crippen molar-refractivity contribution in [1.29, 1.82) is 0 Å². The molecule has 0 aliphatic carbocycles. The predicted molar refractivity (Wildman–Crippen MR) is 104 cm³/mol. The Bertz CT molecular complexity index is 437. The first-order chi connectivity index (χ1) is 7.74. The van der Waals surface area contributed by atoms with Crippen LogP contribution in [0.15, 0.2) is 33.6 Å². The Labute approximate surface area is 147 Å². The highest BCUT2D eigenvalue weighted by atomic mass is 127. The Morgan fingerprint density at radius 2 is 1.06 bits per heavy atom. The number of thioether (sulfide) groups is 6. The van der Waals surface area contributed by atoms with Crippen LogP contribution in [0.3, 0.4) is 0 Å². The molecule has 0 unspecified atom stereocenters. The zero-order valence-electron chi connectivity index (χ0n) is 7.36. The fraction of sp³-hybridized carbons (Fsp3) is 0. The van der Waals surface area contributed by atoms with Crippen LogP contribution in [0, 0.1) is 0 Å². The van der Waals surface area contributed by atoms with E-state index in [0.29, 0.717) is 0 Å². The minimum atomic E-state index is 1.41. The number of rotatable bonds is 0. The monoisotopic (exact) mass is 544 g/mol. The SMILES string of the molecule is IC1=C(I)SC(=C2SC3=C(SC=CS3)S2)S1. The van der Waals surface area contributed by atoms with Crippen LogP contribution in [0.2, 0.25) is 0 Å². The van der Waals surface area contributed by atoms with E-state index >= 15 is 0 Å². The fourth-order valence-corrected chi connectivity index (χ4v) is 11.3. The molecular formula is C8H2I2S6. The van der Waals surface area contributed by atoms with E-state index in [1.807, 2.05) is 70.6 Å². The van der Waals surface area contributed by atoms with Gasteiger partial charge in [-0.1, -0.05) is 70.6 Å². The van der Waals surface area contributed by atoms with Crippen molar-refractivity contribution < 1.29 is 0 Å². The molecule has 0 aromatic carbocycles. The molecule has 0 fully saturated rings. The summed E-state index contributed by atoms with van der Waals surface area (Å²) in [7, 11) is 0. The summed E-state index contributed by atoms with van der Waals surface area (Å²) in [4.78, 5) is 0. The van der Waals surface area contributed by atoms with Crippen LogP contribution < -0.4 is 0 Å². The van der Waals surface area contributed by atoms with Gasteiger partial charge < -0.3 is 0 Å². The lowest BCUT2D eigenvalue weighted by atomic mass is 11.2. The van der Waals surface area contributed by atoms with E-state index in [-0.39, 0.29) is 0 Å². The second kappa shape index (κ2) is 5.88. The molecule has 0 aromatic rings. The van der Waals surface area contributed by atoms with Crippen LogP contribution in [-0.4, -0.2) is 0 Å². The van der Waals surface area contributed by atoms with Crippen molar-refractivity contribution in [3.63, 3.8) is 0 Å². The Balaban J connectivity index is 1.79. The molecule has 0 spiro atoms. The molecule has 0 N–H and O–H groups in total. The second-order valence-electron chi connectivity index (χ2n) is 2.61. The lowest BCUT2D eigenvalue weighted by molar-refractivity contribution is 2.31. The van der Waals surface area contributed by atoms with E-state index in [9.17, 15) is 0 Å². The maximum atomic E-state index is 2.43. The molecule has 0 saturated carbocycles. The summed E-state index contributed by atoms with van der Waals surface area (Å²) in [6.45, 7) is 0. The van der Waals surface area contributed by atoms with E-state index in [1.54, 1.807) is 0 Å². The van der Waals surface area contributed by atoms with Gasteiger partial charge in [0.1, 0.15) is 0 Å². The van der Waals surface area contributed by atoms with Gasteiger partial charge in [0.25, 0.3) is 0 Å². The second-order valence-corrected chi connectivity index (χ2v) is 13.2. The third kappa shape index (κ3) is 2.83. The first-order valence-corrected chi connectivity index (χ1v) is 11.2. The number of hydrogen-bond donors (Lipinski definition) is 0. The molecule has 0 nitrogen and oxygen atoms in total. The van der Waals surface area contributed by atoms with E-state index in [2.05, 4.69) is 56.0 Å². The summed E-state index contributed by atoms with van der Waals surface area (Å²) in [5, 5.41) is 4.34. The van der Waals surface area contributed by atoms with Crippen LogP contribution in [0.5, 0.6) is 0 Å². The minimum Gasteiger partial charge on any atom is -0.0884 e. The molecule has 3 rings (SSSR count). The summed E-state index contributed by atoms with van der Waals surface area (Å²) in [5.41, 5.74) is 0. The van der Waals surface area contributed by atoms with Gasteiger partial charge in [-0.05, 0) is 56.0 Å². The molecule has 0 amide bonds. The van der Waals surface area contributed by atoms with E-state index in [0.717, 1.165) is 0 Å². The van der Waals surface area contributed by atoms with Crippen molar-refractivity contribution in [1.82, 2.24) is 0 Å². The smallest absolute Gasteiger partial charge is 0.0718 e. The zero-order valence-corrected chi connectivity index (χ0v) is 16.6. The Morgan fingerprint density at radius 3 is 1.56 bits per heavy atom. The van der Waals surface area contributed by atoms with Gasteiger partial charge in [0.05, 0.1) is 22.8 Å². The number of halogens is 2. The lowest BCUT2D eigenvalue weighted by Gasteiger charge is -2.02. The number of hydrogen-bond acceptors (Lipinski definition) is 6. The van der Waals surface area contributed by atoms with Crippen molar-refractivity contribution in [3.8, 4) is 0 Å². The largest absolute Gasteiger partial charge is 0.0884 e. The average Bonchev–Trinajstić information content (AvgIpc) is 2.83. The maximum Gasteiger partial charge on any atom is 0.0718 e. The Hall–Kier alpha value is 2.52. The lowest BCUT2D eigenvalue weighted by Crippen LogP contribution is -1.68. The summed E-state index contributed by atoms with van der Waals surface area (Å²) >= 11 is 16.2. The molecule has 16 heavy (non-hydrogen) atoms. The molecule has 3 heterocycles. The fourth-order valence-electron chi connectivity index (χ4n) is 1.03. The highest BCUT2D eigenvalue weighted by molar-refractivity contribution is 14.1. The minimum absolute atomic E-state index is 1.41. The maximum absolute atomic E-state index is 2.43. The van der Waals surface area contributed by atoms with Crippen molar-refractivity contribution in [2.24, 2.45) is 0 Å². The normalized spacial score (nSPS) is 24.9. The topological polar surface area (TPSA) is 0 Å². The average molecular weight is 544 g/mol. The molecular weight excluding hydrogens is 542 g/mol. The van der Waals surface area contributed by atoms with Gasteiger partial charge in [-0.3, -0.25) is 0 Å². The van der Waals surface area contributed by atoms with Crippen LogP contribution in [-0.2, 0) is 0 Å². The molecule has 0 atom stereocenters. The van der Waals surface area contributed by atoms with Gasteiger partial charge in [0.2, 0.25) is 0 Å². The van der Waals surface area contributed by atoms with Crippen LogP contribution >= 0.6 is 116 Å². The zero-order chi connectivity index (χ0) is 11.1. The van der Waals surface area contributed by atoms with Gasteiger partial charge in [-0.2, -0.15) is 0 Å². The van der Waals surface area contributed by atoms with Gasteiger partial charge in [-0.15, -0.1) is 0 Å². The van der Waals surface area contributed by atoms with Crippen molar-refractivity contribution in [2.75, 3.05) is 0 Å². The third-order valence-corrected chi connectivity index (χ3v) is 13.7. The van der Waals surface area contributed by atoms with Crippen LogP contribution in [0.1, 0.15) is 0 Å². The summed E-state index contributed by atoms with van der Waals surface area (Å²) in [5.74, 6) is 0. The van der Waals surface area contributed by atoms with Gasteiger partial charge >= 0.3 is 0 Å². The molecule has 84 valence electrons. The predicted octanol–water partition coefficient (Wildman–Crippen LogP) is 7.15. The van der Waals surface area contributed by atoms with Crippen molar-refractivity contribution in [2.45, 2.75) is 0 Å². The molecule has 0 saturated heterocycles. The molecule has 3 aliphatic rings. The molecule has 0 radical (unpaired) electrons. The van der Waals surface area contributed by atoms with E-state index < -0.39 is 0 Å². The summed E-state index contributed by atoms with van der Waals surface area (Å²) in [6, 6.07) is 0. The van der Waals surface area contributed by atoms with Crippen LogP contribution in [0.4, 0.5) is 0 Å². The van der Waals surface area contributed by atoms with Crippen molar-refractivity contribution in [3.05, 3.63) is 33.6 Å². The van der Waals surface area contributed by atoms with Crippen LogP contribution in [0.25, 0.3) is 0 Å². The summed E-state index contributed by atoms with van der Waals surface area (Å²) < 4.78 is 8.66. The third-order valence-electron chi connectivity index (χ3n) is 1.63. The van der Waals surface area contributed by atoms with Gasteiger partial charge in [0.15, 0.2) is 0 Å². The quantitative estimate of drug-likeness (QED) is 0.295. The highest BCUT2D eigenvalue weighted by Crippen LogP contribution is 2.66. The Kier molecular flexibility index (Phi) is 4.96. The molecule has 0 bridgehead atoms. The first kappa shape index (κ1) is 13.5. The standard InChI is InChI=1S/C8H2I2S6/c9-3-4(10)14-7(13-3)8-15-5-6(16-8)12-2-1-11-5/h1-2H. The Morgan fingerprint density at radius 1 is 0.625 bits per heavy atom. The molecule has 8 heteroatoms. The van der Waals surface area contributed by atoms with Gasteiger partial charge in [0, 0.05) is 0 Å². The van der Waals surface area contributed by atoms with Gasteiger partial charge in [-0.25, -0.2) is 0 Å². The van der Waals surface area contributed by atoms with Crippen molar-refractivity contribution >= 4 is 116 Å². The van der Waals surface area contributed by atoms with E-state index in [4.69, 9.17) is 0 Å². The highest BCUT2D eigenvalue weighted by Gasteiger charge is 2.29. The first-order valence-electron chi connectivity index (χ1n) is 3.97. The summed E-state index contributed by atoms with van der Waals surface area (Å²) in [6.07, 6.45) is 0. The molecule has 3 aliphatic heterocycles. The molecule has 0 aromatic heterocycles. The van der Waals surface area contributed by atoms with E-state index in [1.165, 1.54) is 22.8 Å².